The van der Waals surface area contributed by atoms with Crippen molar-refractivity contribution in [2.75, 3.05) is 45.8 Å². The number of aromatic carboxylic acids is 1. The van der Waals surface area contributed by atoms with Gasteiger partial charge in [-0.05, 0) is 348 Å². The van der Waals surface area contributed by atoms with E-state index in [-0.39, 0.29) is 53.4 Å². The number of carbonyl (C=O) groups is 5. The highest BCUT2D eigenvalue weighted by Crippen LogP contribution is 2.39. The molecule has 3 heterocycles. The second-order valence-electron chi connectivity index (χ2n) is 39.7. The van der Waals surface area contributed by atoms with E-state index in [1.54, 1.807) is 63.7 Å². The molecule has 748 valence electrons. The number of carboxylic acids is 1. The van der Waals surface area contributed by atoms with Gasteiger partial charge >= 0.3 is 30.3 Å². The largest absolute Gasteiger partial charge is 0.478 e. The van der Waals surface area contributed by atoms with Crippen molar-refractivity contribution >= 4 is 38.2 Å². The molecule has 7 aromatic carbocycles. The zero-order chi connectivity index (χ0) is 101. The van der Waals surface area contributed by atoms with Gasteiger partial charge < -0.3 is 55.7 Å². The highest BCUT2D eigenvalue weighted by atomic mass is 16.6. The number of carbonyl (C=O) groups excluding carboxylic acids is 4. The lowest BCUT2D eigenvalue weighted by molar-refractivity contribution is 0.0519. The maximum absolute atomic E-state index is 10.7. The normalized spacial score (nSPS) is 16.7. The fourth-order valence-corrected chi connectivity index (χ4v) is 17.7. The van der Waals surface area contributed by atoms with Gasteiger partial charge in [0.15, 0.2) is 0 Å². The van der Waals surface area contributed by atoms with Crippen molar-refractivity contribution in [1.82, 2.24) is 51.3 Å². The van der Waals surface area contributed by atoms with E-state index in [2.05, 4.69) is 219 Å². The third kappa shape index (κ3) is 44.2. The van der Waals surface area contributed by atoms with Crippen molar-refractivity contribution in [2.24, 2.45) is 17.8 Å². The lowest BCUT2D eigenvalue weighted by atomic mass is 9.82. The summed E-state index contributed by atoms with van der Waals surface area (Å²) in [6, 6.07) is 81.2. The number of hydrogen-bond donors (Lipinski definition) is 7. The Morgan fingerprint density at radius 2 is 0.626 bits per heavy atom. The van der Waals surface area contributed by atoms with E-state index in [1.807, 2.05) is 160 Å². The molecule has 139 heavy (non-hydrogen) atoms. The molecule has 0 saturated heterocycles. The van der Waals surface area contributed by atoms with Gasteiger partial charge in [-0.25, -0.2) is 24.0 Å². The molecule has 0 unspecified atom stereocenters. The molecule has 6 aliphatic carbocycles. The Kier molecular flexibility index (Phi) is 50.3. The Labute approximate surface area is 833 Å². The van der Waals surface area contributed by atoms with Gasteiger partial charge in [-0.3, -0.25) is 24.8 Å². The minimum atomic E-state index is -0.879. The van der Waals surface area contributed by atoms with Crippen LogP contribution in [0.2, 0.25) is 6.82 Å². The van der Waals surface area contributed by atoms with Crippen LogP contribution in [0, 0.1) is 17.8 Å². The molecule has 0 bridgehead atoms. The summed E-state index contributed by atoms with van der Waals surface area (Å²) in [7, 11) is 4.50. The minimum Gasteiger partial charge on any atom is -0.478 e. The van der Waals surface area contributed by atoms with Gasteiger partial charge in [0.2, 0.25) is 0 Å². The predicted octanol–water partition coefficient (Wildman–Crippen LogP) is 24.3. The van der Waals surface area contributed by atoms with Crippen LogP contribution < -0.4 is 26.6 Å². The Hall–Kier alpha value is -11.6. The number of aliphatic hydroxyl groups is 1. The number of nitrogens with zero attached hydrogens (tertiary/aromatic N) is 5. The first-order chi connectivity index (χ1) is 66.7. The molecule has 21 nitrogen and oxygen atoms in total. The van der Waals surface area contributed by atoms with Crippen LogP contribution in [-0.2, 0) is 96.4 Å². The second-order valence-corrected chi connectivity index (χ2v) is 39.7. The van der Waals surface area contributed by atoms with Crippen LogP contribution >= 0.6 is 0 Å². The van der Waals surface area contributed by atoms with Gasteiger partial charge in [-0.15, -0.1) is 0 Å². The van der Waals surface area contributed by atoms with E-state index in [1.165, 1.54) is 167 Å². The van der Waals surface area contributed by atoms with Gasteiger partial charge in [0.25, 0.3) is 0 Å². The molecule has 7 N–H and O–H groups in total. The second kappa shape index (κ2) is 61.1. The number of aromatic nitrogens is 3. The molecule has 3 aromatic heterocycles. The number of carboxylic acid groups (broad SMARTS) is 1. The average molecular weight is 1890 g/mol. The number of rotatable bonds is 19. The number of benzene rings is 7. The first-order valence-corrected chi connectivity index (χ1v) is 50.4. The fraction of sp³-hybridized carbons (Fsp3) is 0.470. The molecule has 2 radical (unpaired) electrons. The molecule has 4 amide bonds. The van der Waals surface area contributed by atoms with Crippen LogP contribution in [0.1, 0.15) is 281 Å². The van der Waals surface area contributed by atoms with Crippen molar-refractivity contribution in [1.29, 1.82) is 0 Å². The van der Waals surface area contributed by atoms with Gasteiger partial charge in [-0.2, -0.15) is 0 Å². The Morgan fingerprint density at radius 3 is 0.935 bits per heavy atom. The smallest absolute Gasteiger partial charge is 0.407 e. The highest BCUT2D eigenvalue weighted by Gasteiger charge is 2.34. The summed E-state index contributed by atoms with van der Waals surface area (Å²) in [5, 5.41) is 30.9. The highest BCUT2D eigenvalue weighted by molar-refractivity contribution is 6.05. The maximum atomic E-state index is 10.7. The standard InChI is InChI=1S/2C27H30N2.C20H24N2.4C7H15NO2.C7H6O2.C7H8O.CH3B/c2*1-2-8-21(9-3-1)19-29(26-14-6-12-24-13-7-17-28-27(24)26)20-22-15-16-23-10-4-5-11-25(23)18-22;1-2-6-18-13-15(10-11-16(18)5-1)14-22-19-9-3-7-17-8-4-12-21-20(17)19;4*1-5-8-6(9)10-7(2,3)4;8-7(9)6-4-2-1-3-5-6;8-6-7-4-2-1-3-5-7;1-2/h2*1-5,7-11,13,17,22,26H,6,12,14-16,18-20H2;1-2,4-6,8,12,15,19,22H,3,7,9-11,13-14H2;4*5H2,1-4H3,(H,8,9);1-5H,(H,8,9);1-5,8H,6H2;1H3/t2*22-,26+;15-,19+;;;;;;;/m111......./s1. The van der Waals surface area contributed by atoms with E-state index in [0.717, 1.165) is 56.0 Å². The summed E-state index contributed by atoms with van der Waals surface area (Å²) in [6.07, 6.45) is 26.8. The van der Waals surface area contributed by atoms with Gasteiger partial charge in [0.1, 0.15) is 22.4 Å². The number of pyridine rings is 3. The van der Waals surface area contributed by atoms with Crippen LogP contribution in [0.15, 0.2) is 249 Å². The molecule has 6 aliphatic rings. The molecular formula is C117H161BN10O11. The third-order valence-corrected chi connectivity index (χ3v) is 23.8. The van der Waals surface area contributed by atoms with Crippen molar-refractivity contribution in [3.8, 4) is 0 Å². The van der Waals surface area contributed by atoms with Crippen molar-refractivity contribution in [3.05, 3.63) is 339 Å². The third-order valence-electron chi connectivity index (χ3n) is 23.8. The first kappa shape index (κ1) is 114. The van der Waals surface area contributed by atoms with Crippen LogP contribution in [0.25, 0.3) is 0 Å². The molecule has 10 aromatic rings. The topological polar surface area (TPSA) is 268 Å². The number of hydrogen-bond acceptors (Lipinski definition) is 16. The first-order valence-electron chi connectivity index (χ1n) is 50.4. The lowest BCUT2D eigenvalue weighted by Gasteiger charge is -2.38. The summed E-state index contributed by atoms with van der Waals surface area (Å²) in [5.41, 5.74) is 20.2. The van der Waals surface area contributed by atoms with Crippen LogP contribution in [-0.4, -0.2) is 141 Å². The molecule has 0 spiro atoms. The number of aliphatic hydroxyl groups excluding tert-OH is 1. The van der Waals surface area contributed by atoms with Gasteiger partial charge in [0.05, 0.1) is 49.2 Å². The minimum absolute atomic E-state index is 0.140. The van der Waals surface area contributed by atoms with E-state index in [4.69, 9.17) is 39.1 Å². The molecule has 0 fully saturated rings. The van der Waals surface area contributed by atoms with Gasteiger partial charge in [0, 0.05) is 77.0 Å². The number of aryl methyl sites for hydroxylation is 6. The van der Waals surface area contributed by atoms with E-state index >= 15 is 0 Å². The molecule has 6 atom stereocenters. The van der Waals surface area contributed by atoms with E-state index in [9.17, 15) is 24.0 Å². The number of fused-ring (bicyclic) bond motifs is 6. The SMILES string of the molecule is CCNC(=O)OC(C)(C)C.CCNC(=O)OC(C)(C)C.CCNC(=O)OC(C)(C)C.CCNC(=O)OC(C)(C)C.O=C(O)c1ccccc1.OCc1ccccc1.[B]C.c1ccc(CN(C[C@@H]2CCc3ccccc3C2)[C@H]2CCCc3cccnc32)cc1.c1ccc(CN(C[C@@H]2CCc3ccccc3C2)[C@H]2CCCc3cccnc32)cc1.c1ccc2c(c1)CC[C@@H](CN[C@H]1CCCc3cccnc31)C2. The molecule has 0 aliphatic heterocycles. The van der Waals surface area contributed by atoms with Crippen molar-refractivity contribution < 1.29 is 53.1 Å². The maximum Gasteiger partial charge on any atom is 0.407 e. The Balaban J connectivity index is 0.000000223. The summed E-state index contributed by atoms with van der Waals surface area (Å²) in [4.78, 5) is 72.9. The Bertz CT molecular complexity index is 4900. The van der Waals surface area contributed by atoms with E-state index in [0.29, 0.717) is 49.9 Å². The van der Waals surface area contributed by atoms with Crippen molar-refractivity contribution in [2.45, 2.75) is 293 Å². The number of ether oxygens (including phenoxy) is 4. The monoisotopic (exact) mass is 1890 g/mol. The summed E-state index contributed by atoms with van der Waals surface area (Å²) >= 11 is 0. The van der Waals surface area contributed by atoms with Crippen LogP contribution in [0.4, 0.5) is 19.2 Å². The average Bonchev–Trinajstić information content (AvgIpc) is 0.734. The van der Waals surface area contributed by atoms with E-state index < -0.39 is 5.97 Å². The molecular weight excluding hydrogens is 1730 g/mol. The predicted molar refractivity (Wildman–Crippen MR) is 564 cm³/mol. The van der Waals surface area contributed by atoms with Crippen molar-refractivity contribution in [3.63, 3.8) is 0 Å². The number of amides is 4. The lowest BCUT2D eigenvalue weighted by Crippen LogP contribution is -2.37. The Morgan fingerprint density at radius 1 is 0.345 bits per heavy atom. The molecule has 22 heteroatoms. The zero-order valence-electron chi connectivity index (χ0n) is 86.3. The molecule has 16 rings (SSSR count). The summed E-state index contributed by atoms with van der Waals surface area (Å²) < 4.78 is 19.7. The summed E-state index contributed by atoms with van der Waals surface area (Å²) in [6.45, 7) is 39.0. The number of alkyl carbamates (subject to hydrolysis) is 4. The fourth-order valence-electron chi connectivity index (χ4n) is 17.7. The number of nitrogens with one attached hydrogen (secondary N) is 5. The van der Waals surface area contributed by atoms with Crippen LogP contribution in [0.5, 0.6) is 0 Å². The quantitative estimate of drug-likeness (QED) is 0.0293. The summed E-state index contributed by atoms with van der Waals surface area (Å²) in [5.74, 6) is 1.34. The van der Waals surface area contributed by atoms with Crippen LogP contribution in [0.3, 0.4) is 0 Å². The van der Waals surface area contributed by atoms with Gasteiger partial charge in [-0.1, -0.05) is 207 Å². The zero-order valence-corrected chi connectivity index (χ0v) is 86.3. The molecule has 0 saturated carbocycles.